The summed E-state index contributed by atoms with van der Waals surface area (Å²) in [6, 6.07) is 27.7. The second-order valence-electron chi connectivity index (χ2n) is 14.1. The molecule has 0 aromatic heterocycles. The molecule has 1 saturated carbocycles. The average molecular weight is 722 g/mol. The number of benzene rings is 4. The second kappa shape index (κ2) is 12.6. The van der Waals surface area contributed by atoms with E-state index < -0.39 is 70.6 Å². The number of amides is 4. The van der Waals surface area contributed by atoms with E-state index in [1.807, 2.05) is 49.4 Å². The number of hydrogen-bond acceptors (Lipinski definition) is 7. The molecule has 2 aliphatic heterocycles. The Morgan fingerprint density at radius 1 is 0.849 bits per heavy atom. The summed E-state index contributed by atoms with van der Waals surface area (Å²) in [7, 11) is 0. The maximum absolute atomic E-state index is 15.2. The maximum Gasteiger partial charge on any atom is 0.573 e. The lowest BCUT2D eigenvalue weighted by Gasteiger charge is -2.50. The molecule has 0 unspecified atom stereocenters. The Bertz CT molecular complexity index is 2160. The van der Waals surface area contributed by atoms with Gasteiger partial charge in [-0.2, -0.15) is 5.01 Å². The van der Waals surface area contributed by atoms with Gasteiger partial charge in [0, 0.05) is 11.5 Å². The van der Waals surface area contributed by atoms with E-state index >= 15 is 4.79 Å². The minimum Gasteiger partial charge on any atom is -0.508 e. The Morgan fingerprint density at radius 3 is 2.21 bits per heavy atom. The van der Waals surface area contributed by atoms with E-state index in [9.17, 15) is 32.7 Å². The average Bonchev–Trinajstić information content (AvgIpc) is 3.51. The molecule has 8 rings (SSSR count). The van der Waals surface area contributed by atoms with Crippen molar-refractivity contribution in [2.45, 2.75) is 44.0 Å². The van der Waals surface area contributed by atoms with Gasteiger partial charge in [0.15, 0.2) is 0 Å². The summed E-state index contributed by atoms with van der Waals surface area (Å²) in [4.78, 5) is 59.5. The highest BCUT2D eigenvalue weighted by atomic mass is 19.4. The number of hydrogen-bond donors (Lipinski definition) is 2. The number of aromatic hydroxyl groups is 1. The highest BCUT2D eigenvalue weighted by Crippen LogP contribution is 2.65. The predicted octanol–water partition coefficient (Wildman–Crippen LogP) is 6.78. The number of imide groups is 2. The zero-order chi connectivity index (χ0) is 37.2. The molecule has 9 nitrogen and oxygen atoms in total. The van der Waals surface area contributed by atoms with E-state index in [1.165, 1.54) is 4.90 Å². The Hall–Kier alpha value is -5.91. The van der Waals surface area contributed by atoms with Gasteiger partial charge in [0.2, 0.25) is 11.8 Å². The van der Waals surface area contributed by atoms with Crippen LogP contribution in [0.5, 0.6) is 11.5 Å². The summed E-state index contributed by atoms with van der Waals surface area (Å²) in [5, 5.41) is 12.5. The zero-order valence-electron chi connectivity index (χ0n) is 28.4. The van der Waals surface area contributed by atoms with Crippen molar-refractivity contribution in [3.8, 4) is 11.5 Å². The van der Waals surface area contributed by atoms with Crippen LogP contribution in [-0.4, -0.2) is 45.0 Å². The van der Waals surface area contributed by atoms with Gasteiger partial charge in [-0.25, -0.2) is 0 Å². The van der Waals surface area contributed by atoms with Crippen LogP contribution in [-0.2, 0) is 31.1 Å². The molecule has 4 aliphatic rings. The van der Waals surface area contributed by atoms with Gasteiger partial charge in [0.25, 0.3) is 11.8 Å². The Morgan fingerprint density at radius 2 is 1.53 bits per heavy atom. The fourth-order valence-corrected chi connectivity index (χ4v) is 9.04. The minimum absolute atomic E-state index is 0.00720. The molecule has 2 saturated heterocycles. The van der Waals surface area contributed by atoms with E-state index in [2.05, 4.69) is 10.2 Å². The van der Waals surface area contributed by atoms with E-state index in [4.69, 9.17) is 0 Å². The quantitative estimate of drug-likeness (QED) is 0.160. The van der Waals surface area contributed by atoms with Gasteiger partial charge >= 0.3 is 6.36 Å². The van der Waals surface area contributed by atoms with Crippen molar-refractivity contribution in [2.75, 3.05) is 5.43 Å². The Balaban J connectivity index is 1.32. The Labute approximate surface area is 302 Å². The van der Waals surface area contributed by atoms with E-state index in [1.54, 1.807) is 48.5 Å². The highest BCUT2D eigenvalue weighted by Gasteiger charge is 2.70. The first-order chi connectivity index (χ1) is 25.4. The summed E-state index contributed by atoms with van der Waals surface area (Å²) in [6.45, 7) is 1.94. The molecule has 0 radical (unpaired) electrons. The molecule has 12 heteroatoms. The van der Waals surface area contributed by atoms with Crippen molar-refractivity contribution in [1.82, 2.24) is 9.91 Å². The van der Waals surface area contributed by atoms with Gasteiger partial charge < -0.3 is 9.84 Å². The number of rotatable bonds is 7. The monoisotopic (exact) mass is 721 g/mol. The zero-order valence-corrected chi connectivity index (χ0v) is 28.4. The fraction of sp³-hybridized carbons (Fsp3) is 0.268. The number of hydrazine groups is 1. The number of alkyl halides is 3. The second-order valence-corrected chi connectivity index (χ2v) is 14.1. The van der Waals surface area contributed by atoms with Crippen LogP contribution in [0.4, 0.5) is 18.9 Å². The molecule has 4 amide bonds. The van der Waals surface area contributed by atoms with Crippen molar-refractivity contribution < 1.29 is 42.2 Å². The van der Waals surface area contributed by atoms with Crippen LogP contribution in [0.25, 0.3) is 0 Å². The van der Waals surface area contributed by atoms with E-state index in [0.29, 0.717) is 16.8 Å². The SMILES string of the molecule is Cc1ccc(NN2C(=O)[C@@H]3C[C@@H]4C(=CC[C@@H]5C(=O)N(Cc6ccccc6)C(=O)[C@@H]54)[C@H](c4cc(OC(F)(F)F)ccc4O)[C@]3(c3ccccc3)C2=O)cc1. The van der Waals surface area contributed by atoms with Crippen LogP contribution in [0.1, 0.15) is 41.0 Å². The summed E-state index contributed by atoms with van der Waals surface area (Å²) in [5.74, 6) is -7.91. The first-order valence-corrected chi connectivity index (χ1v) is 17.3. The summed E-state index contributed by atoms with van der Waals surface area (Å²) < 4.78 is 45.0. The van der Waals surface area contributed by atoms with Crippen molar-refractivity contribution >= 4 is 29.3 Å². The van der Waals surface area contributed by atoms with E-state index in [0.717, 1.165) is 34.3 Å². The smallest absolute Gasteiger partial charge is 0.508 e. The molecular weight excluding hydrogens is 687 g/mol. The van der Waals surface area contributed by atoms with Gasteiger partial charge in [-0.1, -0.05) is 90.0 Å². The van der Waals surface area contributed by atoms with Gasteiger partial charge in [0.1, 0.15) is 11.5 Å². The number of anilines is 1. The topological polar surface area (TPSA) is 116 Å². The number of fused-ring (bicyclic) bond motifs is 4. The largest absolute Gasteiger partial charge is 0.573 e. The third kappa shape index (κ3) is 5.55. The molecule has 2 N–H and O–H groups in total. The first-order valence-electron chi connectivity index (χ1n) is 17.3. The van der Waals surface area contributed by atoms with Gasteiger partial charge in [-0.15, -0.1) is 13.2 Å². The lowest BCUT2D eigenvalue weighted by atomic mass is 9.49. The molecule has 53 heavy (non-hydrogen) atoms. The van der Waals surface area contributed by atoms with Gasteiger partial charge in [-0.3, -0.25) is 29.5 Å². The van der Waals surface area contributed by atoms with Crippen LogP contribution in [0.2, 0.25) is 0 Å². The van der Waals surface area contributed by atoms with Gasteiger partial charge in [-0.05, 0) is 67.1 Å². The number of halogens is 3. The van der Waals surface area contributed by atoms with Crippen LogP contribution < -0.4 is 10.2 Å². The normalized spacial score (nSPS) is 26.6. The lowest BCUT2D eigenvalue weighted by Crippen LogP contribution is -2.53. The Kier molecular flexibility index (Phi) is 8.16. The number of aryl methyl sites for hydroxylation is 1. The summed E-state index contributed by atoms with van der Waals surface area (Å²) >= 11 is 0. The number of carbonyl (C=O) groups excluding carboxylic acids is 4. The molecule has 6 atom stereocenters. The first kappa shape index (κ1) is 34.2. The van der Waals surface area contributed by atoms with Crippen molar-refractivity contribution in [1.29, 1.82) is 0 Å². The maximum atomic E-state index is 15.2. The summed E-state index contributed by atoms with van der Waals surface area (Å²) in [5.41, 5.74) is 4.17. The fourth-order valence-electron chi connectivity index (χ4n) is 9.04. The lowest BCUT2D eigenvalue weighted by molar-refractivity contribution is -0.274. The van der Waals surface area contributed by atoms with Crippen LogP contribution in [0.15, 0.2) is 115 Å². The number of phenolic OH excluding ortho intramolecular Hbond substituents is 1. The van der Waals surface area contributed by atoms with Crippen LogP contribution >= 0.6 is 0 Å². The molecular formula is C41H34F3N3O6. The molecule has 3 fully saturated rings. The minimum atomic E-state index is -5.06. The number of nitrogens with one attached hydrogen (secondary N) is 1. The third-order valence-corrected chi connectivity index (χ3v) is 11.2. The molecule has 4 aromatic rings. The van der Waals surface area contributed by atoms with Crippen LogP contribution in [0.3, 0.4) is 0 Å². The highest BCUT2D eigenvalue weighted by molar-refractivity contribution is 6.13. The number of likely N-dealkylation sites (tertiary alicyclic amines) is 1. The molecule has 2 heterocycles. The number of allylic oxidation sites excluding steroid dienone is 2. The standard InChI is InChI=1S/C41H34F3N3O6/c1-23-12-14-26(15-13-23)45-47-37(50)32-21-30-28(17-18-29-34(30)38(51)46(36(29)49)22-24-8-4-2-5-9-24)35(40(32,39(47)52)25-10-6-3-7-11-25)31-20-27(16-19-33(31)48)53-41(42,43)44/h2-17,19-20,29-30,32,34-35,45,48H,18,21-22H2,1H3/t29-,30+,32-,34-,35+,40+/m0/s1. The van der Waals surface area contributed by atoms with Crippen LogP contribution in [0, 0.1) is 30.6 Å². The number of ether oxygens (including phenoxy) is 1. The summed E-state index contributed by atoms with van der Waals surface area (Å²) in [6.07, 6.45) is -3.18. The molecule has 4 aromatic carbocycles. The molecule has 0 spiro atoms. The van der Waals surface area contributed by atoms with Crippen molar-refractivity contribution in [3.63, 3.8) is 0 Å². The molecule has 0 bridgehead atoms. The molecule has 2 aliphatic carbocycles. The number of nitrogens with zero attached hydrogens (tertiary/aromatic N) is 2. The van der Waals surface area contributed by atoms with Gasteiger partial charge in [0.05, 0.1) is 35.4 Å². The predicted molar refractivity (Wildman–Crippen MR) is 186 cm³/mol. The van der Waals surface area contributed by atoms with Crippen molar-refractivity contribution in [3.05, 3.63) is 137 Å². The number of phenols is 1. The molecule has 270 valence electrons. The third-order valence-electron chi connectivity index (χ3n) is 11.2. The van der Waals surface area contributed by atoms with E-state index in [-0.39, 0.29) is 30.9 Å². The number of carbonyl (C=O) groups is 4. The van der Waals surface area contributed by atoms with Crippen molar-refractivity contribution in [2.24, 2.45) is 23.7 Å².